The first-order valence-electron chi connectivity index (χ1n) is 4.02. The van der Waals surface area contributed by atoms with E-state index in [0.29, 0.717) is 0 Å². The minimum atomic E-state index is -0.0775. The molecule has 0 aromatic carbocycles. The summed E-state index contributed by atoms with van der Waals surface area (Å²) in [5, 5.41) is 0. The third-order valence-corrected chi connectivity index (χ3v) is 3.07. The van der Waals surface area contributed by atoms with Crippen molar-refractivity contribution in [2.75, 3.05) is 7.11 Å². The van der Waals surface area contributed by atoms with Gasteiger partial charge in [-0.1, -0.05) is 25.5 Å². The van der Waals surface area contributed by atoms with Crippen molar-refractivity contribution < 1.29 is 4.74 Å². The second-order valence-electron chi connectivity index (χ2n) is 4.13. The zero-order chi connectivity index (χ0) is 8.70. The molecule has 1 radical (unpaired) electrons. The van der Waals surface area contributed by atoms with Crippen LogP contribution in [0.5, 0.6) is 0 Å². The van der Waals surface area contributed by atoms with Gasteiger partial charge in [0.05, 0.1) is 5.60 Å². The third-order valence-electron chi connectivity index (χ3n) is 3.07. The van der Waals surface area contributed by atoms with Gasteiger partial charge in [0, 0.05) is 18.9 Å². The summed E-state index contributed by atoms with van der Waals surface area (Å²) >= 11 is 0. The largest absolute Gasteiger partial charge is 0.378 e. The summed E-state index contributed by atoms with van der Waals surface area (Å²) in [6.07, 6.45) is 4.31. The van der Waals surface area contributed by atoms with Crippen LogP contribution in [0.3, 0.4) is 0 Å². The number of hydrogen-bond acceptors (Lipinski definition) is 1. The van der Waals surface area contributed by atoms with Gasteiger partial charge in [0.25, 0.3) is 0 Å². The molecule has 0 bridgehead atoms. The molecular weight excluding hydrogens is 136 g/mol. The van der Waals surface area contributed by atoms with E-state index in [0.717, 1.165) is 0 Å². The van der Waals surface area contributed by atoms with E-state index in [1.165, 1.54) is 5.57 Å². The Hall–Kier alpha value is -0.300. The highest BCUT2D eigenvalue weighted by Crippen LogP contribution is 2.46. The molecular formula is C10H17O. The molecule has 0 spiro atoms. The lowest BCUT2D eigenvalue weighted by Gasteiger charge is -2.39. The van der Waals surface area contributed by atoms with Crippen LogP contribution in [0.1, 0.15) is 27.7 Å². The van der Waals surface area contributed by atoms with Crippen LogP contribution in [0, 0.1) is 11.8 Å². The van der Waals surface area contributed by atoms with E-state index in [9.17, 15) is 0 Å². The van der Waals surface area contributed by atoms with Crippen molar-refractivity contribution in [3.05, 3.63) is 18.1 Å². The highest BCUT2D eigenvalue weighted by Gasteiger charge is 2.42. The average molecular weight is 153 g/mol. The molecule has 11 heavy (non-hydrogen) atoms. The van der Waals surface area contributed by atoms with Gasteiger partial charge in [-0.3, -0.25) is 0 Å². The van der Waals surface area contributed by atoms with Crippen molar-refractivity contribution >= 4 is 0 Å². The smallest absolute Gasteiger partial charge is 0.0710 e. The molecule has 1 nitrogen and oxygen atoms in total. The normalized spacial score (nSPS) is 18.1. The molecule has 0 saturated heterocycles. The van der Waals surface area contributed by atoms with Crippen LogP contribution >= 0.6 is 0 Å². The Labute approximate surface area is 69.4 Å². The van der Waals surface area contributed by atoms with Crippen LogP contribution in [0.25, 0.3) is 0 Å². The standard InChI is InChI=1S/C10H17O/c1-9(2,8-6-7-8)10(3,4)11-5/h6-7H,1-5H3. The Balaban J connectivity index is 2.77. The first-order valence-corrected chi connectivity index (χ1v) is 4.02. The van der Waals surface area contributed by atoms with Crippen LogP contribution in [0.4, 0.5) is 0 Å². The molecule has 1 heteroatoms. The molecule has 0 fully saturated rings. The van der Waals surface area contributed by atoms with Gasteiger partial charge >= 0.3 is 0 Å². The fourth-order valence-corrected chi connectivity index (χ4v) is 1.06. The Kier molecular flexibility index (Phi) is 1.87. The molecule has 0 saturated carbocycles. The number of rotatable bonds is 3. The molecule has 0 aromatic heterocycles. The Morgan fingerprint density at radius 1 is 1.18 bits per heavy atom. The van der Waals surface area contributed by atoms with Crippen LogP contribution in [-0.2, 0) is 4.74 Å². The molecule has 1 aliphatic rings. The van der Waals surface area contributed by atoms with Crippen molar-refractivity contribution in [1.82, 2.24) is 0 Å². The first-order chi connectivity index (χ1) is 4.92. The minimum absolute atomic E-state index is 0.0775. The zero-order valence-electron chi connectivity index (χ0n) is 8.06. The van der Waals surface area contributed by atoms with Gasteiger partial charge in [0.1, 0.15) is 0 Å². The van der Waals surface area contributed by atoms with Crippen LogP contribution in [0.15, 0.2) is 11.6 Å². The summed E-state index contributed by atoms with van der Waals surface area (Å²) in [5.74, 6) is 0. The summed E-state index contributed by atoms with van der Waals surface area (Å²) in [6.45, 7) is 8.68. The first kappa shape index (κ1) is 8.79. The number of hydrogen-bond donors (Lipinski definition) is 0. The van der Waals surface area contributed by atoms with Gasteiger partial charge in [-0.25, -0.2) is 0 Å². The molecule has 0 aromatic rings. The number of ether oxygens (including phenoxy) is 1. The maximum atomic E-state index is 5.44. The van der Waals surface area contributed by atoms with Crippen LogP contribution in [0.2, 0.25) is 0 Å². The molecule has 1 aliphatic carbocycles. The lowest BCUT2D eigenvalue weighted by molar-refractivity contribution is -0.0509. The van der Waals surface area contributed by atoms with Gasteiger partial charge < -0.3 is 4.74 Å². The Bertz CT molecular complexity index is 187. The van der Waals surface area contributed by atoms with Gasteiger partial charge in [-0.2, -0.15) is 0 Å². The van der Waals surface area contributed by atoms with E-state index >= 15 is 0 Å². The lowest BCUT2D eigenvalue weighted by atomic mass is 9.75. The topological polar surface area (TPSA) is 9.23 Å². The predicted octanol–water partition coefficient (Wildman–Crippen LogP) is 2.58. The summed E-state index contributed by atoms with van der Waals surface area (Å²) < 4.78 is 5.44. The predicted molar refractivity (Wildman–Crippen MR) is 47.3 cm³/mol. The van der Waals surface area contributed by atoms with Crippen molar-refractivity contribution in [2.45, 2.75) is 33.3 Å². The summed E-state index contributed by atoms with van der Waals surface area (Å²) in [5.41, 5.74) is 1.47. The molecule has 0 N–H and O–H groups in total. The molecule has 63 valence electrons. The fraction of sp³-hybridized carbons (Fsp3) is 0.700. The van der Waals surface area contributed by atoms with Crippen LogP contribution < -0.4 is 0 Å². The number of allylic oxidation sites excluding steroid dienone is 1. The summed E-state index contributed by atoms with van der Waals surface area (Å²) in [4.78, 5) is 0. The maximum absolute atomic E-state index is 5.44. The Morgan fingerprint density at radius 3 is 1.91 bits per heavy atom. The van der Waals surface area contributed by atoms with E-state index < -0.39 is 0 Å². The molecule has 0 aliphatic heterocycles. The third kappa shape index (κ3) is 1.34. The fourth-order valence-electron chi connectivity index (χ4n) is 1.06. The van der Waals surface area contributed by atoms with Gasteiger partial charge in [0.2, 0.25) is 0 Å². The quantitative estimate of drug-likeness (QED) is 0.605. The van der Waals surface area contributed by atoms with Gasteiger partial charge in [0.15, 0.2) is 0 Å². The Morgan fingerprint density at radius 2 is 1.64 bits per heavy atom. The highest BCUT2D eigenvalue weighted by molar-refractivity contribution is 5.45. The zero-order valence-corrected chi connectivity index (χ0v) is 8.06. The molecule has 0 amide bonds. The lowest BCUT2D eigenvalue weighted by Crippen LogP contribution is -2.40. The van der Waals surface area contributed by atoms with Crippen molar-refractivity contribution in [3.63, 3.8) is 0 Å². The average Bonchev–Trinajstić information content (AvgIpc) is 2.68. The van der Waals surface area contributed by atoms with E-state index in [1.807, 2.05) is 0 Å². The van der Waals surface area contributed by atoms with E-state index in [2.05, 4.69) is 40.2 Å². The van der Waals surface area contributed by atoms with Crippen molar-refractivity contribution in [3.8, 4) is 0 Å². The second kappa shape index (κ2) is 2.34. The summed E-state index contributed by atoms with van der Waals surface area (Å²) in [6, 6.07) is 0. The molecule has 0 unspecified atom stereocenters. The second-order valence-corrected chi connectivity index (χ2v) is 4.13. The molecule has 1 rings (SSSR count). The number of methoxy groups -OCH3 is 1. The van der Waals surface area contributed by atoms with Gasteiger partial charge in [-0.15, -0.1) is 0 Å². The maximum Gasteiger partial charge on any atom is 0.0710 e. The van der Waals surface area contributed by atoms with E-state index in [4.69, 9.17) is 4.74 Å². The SMILES string of the molecule is COC(C)(C)C(C)(C)C1=C[CH]1. The summed E-state index contributed by atoms with van der Waals surface area (Å²) in [7, 11) is 1.77. The molecule has 0 atom stereocenters. The van der Waals surface area contributed by atoms with E-state index in [-0.39, 0.29) is 11.0 Å². The van der Waals surface area contributed by atoms with Gasteiger partial charge in [-0.05, 0) is 13.8 Å². The minimum Gasteiger partial charge on any atom is -0.378 e. The molecule has 0 heterocycles. The highest BCUT2D eigenvalue weighted by atomic mass is 16.5. The van der Waals surface area contributed by atoms with Crippen molar-refractivity contribution in [2.24, 2.45) is 5.41 Å². The monoisotopic (exact) mass is 153 g/mol. The van der Waals surface area contributed by atoms with Crippen LogP contribution in [-0.4, -0.2) is 12.7 Å². The van der Waals surface area contributed by atoms with Crippen molar-refractivity contribution in [1.29, 1.82) is 0 Å². The van der Waals surface area contributed by atoms with E-state index in [1.54, 1.807) is 7.11 Å².